The lowest BCUT2D eigenvalue weighted by Crippen LogP contribution is -2.39. The highest BCUT2D eigenvalue weighted by Crippen LogP contribution is 2.22. The molecule has 1 N–H and O–H groups in total. The number of amides is 2. The molecule has 2 amide bonds. The van der Waals surface area contributed by atoms with E-state index in [1.807, 2.05) is 18.2 Å². The molecule has 7 heteroatoms. The normalized spacial score (nSPS) is 14.3. The molecule has 0 radical (unpaired) electrons. The van der Waals surface area contributed by atoms with Gasteiger partial charge in [-0.25, -0.2) is 5.01 Å². The Morgan fingerprint density at radius 2 is 1.96 bits per heavy atom. The van der Waals surface area contributed by atoms with Crippen molar-refractivity contribution in [1.29, 1.82) is 0 Å². The first-order valence-corrected chi connectivity index (χ1v) is 7.85. The van der Waals surface area contributed by atoms with Crippen LogP contribution < -0.4 is 10.3 Å². The Morgan fingerprint density at radius 3 is 2.67 bits per heavy atom. The largest absolute Gasteiger partial charge is 0.345 e. The number of nitrogens with one attached hydrogen (secondary N) is 1. The number of aromatic nitrogens is 1. The summed E-state index contributed by atoms with van der Waals surface area (Å²) >= 11 is 5.86. The highest BCUT2D eigenvalue weighted by atomic mass is 35.5. The number of hydrazone groups is 1. The molecule has 0 saturated carbocycles. The van der Waals surface area contributed by atoms with Crippen LogP contribution in [0.5, 0.6) is 0 Å². The van der Waals surface area contributed by atoms with Gasteiger partial charge in [0.2, 0.25) is 5.91 Å². The number of hydrogen-bond acceptors (Lipinski definition) is 4. The smallest absolute Gasteiger partial charge is 0.267 e. The van der Waals surface area contributed by atoms with Crippen LogP contribution in [0.25, 0.3) is 0 Å². The zero-order valence-electron chi connectivity index (χ0n) is 12.8. The summed E-state index contributed by atoms with van der Waals surface area (Å²) in [6.07, 6.45) is 2.22. The number of carbonyl (C=O) groups excluding carboxylic acids is 2. The molecule has 1 aromatic carbocycles. The van der Waals surface area contributed by atoms with E-state index in [0.29, 0.717) is 29.4 Å². The van der Waals surface area contributed by atoms with E-state index in [9.17, 15) is 9.59 Å². The lowest BCUT2D eigenvalue weighted by Gasteiger charge is -2.23. The molecule has 2 heterocycles. The highest BCUT2D eigenvalue weighted by molar-refractivity contribution is 6.40. The predicted octanol–water partition coefficient (Wildman–Crippen LogP) is 2.53. The number of anilines is 1. The molecule has 3 rings (SSSR count). The standard InChI is InChI=1S/C17H15ClN4O2/c18-12-4-6-14(7-5-12)22-16(23)9-8-15(21-22)17(24)20-11-13-3-1-2-10-19-13/h1-7,10H,8-9,11H2,(H,20,24). The van der Waals surface area contributed by atoms with Crippen LogP contribution in [0.1, 0.15) is 18.5 Å². The van der Waals surface area contributed by atoms with Gasteiger partial charge in [0.1, 0.15) is 5.71 Å². The molecule has 0 fully saturated rings. The average molecular weight is 343 g/mol. The molecule has 0 bridgehead atoms. The van der Waals surface area contributed by atoms with Crippen molar-refractivity contribution in [3.63, 3.8) is 0 Å². The van der Waals surface area contributed by atoms with Crippen LogP contribution in [0.4, 0.5) is 5.69 Å². The maximum atomic E-state index is 12.3. The Morgan fingerprint density at radius 1 is 1.17 bits per heavy atom. The lowest BCUT2D eigenvalue weighted by molar-refractivity contribution is -0.119. The molecule has 0 atom stereocenters. The monoisotopic (exact) mass is 342 g/mol. The number of halogens is 1. The van der Waals surface area contributed by atoms with Gasteiger partial charge in [-0.2, -0.15) is 5.10 Å². The van der Waals surface area contributed by atoms with E-state index >= 15 is 0 Å². The number of carbonyl (C=O) groups is 2. The number of benzene rings is 1. The average Bonchev–Trinajstić information content (AvgIpc) is 2.62. The molecule has 0 unspecified atom stereocenters. The highest BCUT2D eigenvalue weighted by Gasteiger charge is 2.25. The van der Waals surface area contributed by atoms with Crippen molar-refractivity contribution in [2.45, 2.75) is 19.4 Å². The molecule has 0 saturated heterocycles. The van der Waals surface area contributed by atoms with Crippen molar-refractivity contribution in [2.24, 2.45) is 5.10 Å². The van der Waals surface area contributed by atoms with Gasteiger partial charge in [0.15, 0.2) is 0 Å². The fraction of sp³-hybridized carbons (Fsp3) is 0.176. The minimum absolute atomic E-state index is 0.154. The zero-order valence-corrected chi connectivity index (χ0v) is 13.5. The Hall–Kier alpha value is -2.73. The Balaban J connectivity index is 1.72. The molecule has 122 valence electrons. The third-order valence-corrected chi connectivity index (χ3v) is 3.77. The molecule has 0 aliphatic carbocycles. The maximum Gasteiger partial charge on any atom is 0.267 e. The van der Waals surface area contributed by atoms with E-state index in [1.165, 1.54) is 5.01 Å². The van der Waals surface area contributed by atoms with Crippen LogP contribution in [0.15, 0.2) is 53.8 Å². The van der Waals surface area contributed by atoms with Gasteiger partial charge >= 0.3 is 0 Å². The van der Waals surface area contributed by atoms with Crippen molar-refractivity contribution in [3.05, 3.63) is 59.4 Å². The van der Waals surface area contributed by atoms with Crippen molar-refractivity contribution in [2.75, 3.05) is 5.01 Å². The quantitative estimate of drug-likeness (QED) is 0.927. The van der Waals surface area contributed by atoms with E-state index in [4.69, 9.17) is 11.6 Å². The maximum absolute atomic E-state index is 12.3. The molecule has 24 heavy (non-hydrogen) atoms. The predicted molar refractivity (Wildman–Crippen MR) is 91.7 cm³/mol. The molecule has 1 aliphatic heterocycles. The first-order chi connectivity index (χ1) is 11.6. The summed E-state index contributed by atoms with van der Waals surface area (Å²) in [5.74, 6) is -0.453. The SMILES string of the molecule is O=C(NCc1ccccn1)C1=NN(c2ccc(Cl)cc2)C(=O)CC1. The summed E-state index contributed by atoms with van der Waals surface area (Å²) in [6.45, 7) is 0.313. The minimum Gasteiger partial charge on any atom is -0.345 e. The Bertz CT molecular complexity index is 775. The lowest BCUT2D eigenvalue weighted by atomic mass is 10.1. The number of rotatable bonds is 4. The second-order valence-corrected chi connectivity index (χ2v) is 5.67. The van der Waals surface area contributed by atoms with Crippen LogP contribution in [-0.4, -0.2) is 22.5 Å². The minimum atomic E-state index is -0.299. The summed E-state index contributed by atoms with van der Waals surface area (Å²) in [5, 5.41) is 8.79. The van der Waals surface area contributed by atoms with E-state index in [-0.39, 0.29) is 18.2 Å². The van der Waals surface area contributed by atoms with Gasteiger partial charge in [0.05, 0.1) is 17.9 Å². The fourth-order valence-corrected chi connectivity index (χ4v) is 2.40. The zero-order chi connectivity index (χ0) is 16.9. The van der Waals surface area contributed by atoms with Crippen molar-refractivity contribution < 1.29 is 9.59 Å². The van der Waals surface area contributed by atoms with Crippen molar-refractivity contribution in [1.82, 2.24) is 10.3 Å². The van der Waals surface area contributed by atoms with Crippen LogP contribution >= 0.6 is 11.6 Å². The van der Waals surface area contributed by atoms with Crippen LogP contribution in [0.3, 0.4) is 0 Å². The summed E-state index contributed by atoms with van der Waals surface area (Å²) in [7, 11) is 0. The van der Waals surface area contributed by atoms with Gasteiger partial charge in [0.25, 0.3) is 5.91 Å². The first kappa shape index (κ1) is 16.1. The summed E-state index contributed by atoms with van der Waals surface area (Å²) in [4.78, 5) is 28.5. The molecule has 2 aromatic rings. The van der Waals surface area contributed by atoms with Crippen molar-refractivity contribution >= 4 is 34.8 Å². The second kappa shape index (κ2) is 7.23. The van der Waals surface area contributed by atoms with E-state index in [0.717, 1.165) is 5.69 Å². The van der Waals surface area contributed by atoms with E-state index in [1.54, 1.807) is 30.5 Å². The molecular weight excluding hydrogens is 328 g/mol. The van der Waals surface area contributed by atoms with E-state index < -0.39 is 0 Å². The first-order valence-electron chi connectivity index (χ1n) is 7.47. The van der Waals surface area contributed by atoms with E-state index in [2.05, 4.69) is 15.4 Å². The number of hydrogen-bond donors (Lipinski definition) is 1. The Kier molecular flexibility index (Phi) is 4.86. The van der Waals surface area contributed by atoms with Crippen molar-refractivity contribution in [3.8, 4) is 0 Å². The second-order valence-electron chi connectivity index (χ2n) is 5.23. The van der Waals surface area contributed by atoms with Crippen LogP contribution in [-0.2, 0) is 16.1 Å². The molecular formula is C17H15ClN4O2. The topological polar surface area (TPSA) is 74.7 Å². The number of pyridine rings is 1. The van der Waals surface area contributed by atoms with Gasteiger partial charge < -0.3 is 5.32 Å². The van der Waals surface area contributed by atoms with Gasteiger partial charge in [-0.3, -0.25) is 14.6 Å². The Labute approximate surface area is 144 Å². The molecule has 1 aliphatic rings. The molecule has 6 nitrogen and oxygen atoms in total. The summed E-state index contributed by atoms with van der Waals surface area (Å²) in [6, 6.07) is 12.2. The van der Waals surface area contributed by atoms with Gasteiger partial charge in [-0.15, -0.1) is 0 Å². The third-order valence-electron chi connectivity index (χ3n) is 3.52. The molecule has 0 spiro atoms. The fourth-order valence-electron chi connectivity index (χ4n) is 2.28. The van der Waals surface area contributed by atoms with Gasteiger partial charge in [-0.1, -0.05) is 17.7 Å². The summed E-state index contributed by atoms with van der Waals surface area (Å²) < 4.78 is 0. The summed E-state index contributed by atoms with van der Waals surface area (Å²) in [5.41, 5.74) is 1.66. The van der Waals surface area contributed by atoms with Gasteiger partial charge in [0, 0.05) is 24.1 Å². The third kappa shape index (κ3) is 3.78. The van der Waals surface area contributed by atoms with Gasteiger partial charge in [-0.05, 0) is 36.4 Å². The van der Waals surface area contributed by atoms with Crippen LogP contribution in [0, 0.1) is 0 Å². The number of nitrogens with zero attached hydrogens (tertiary/aromatic N) is 3. The molecule has 1 aromatic heterocycles. The van der Waals surface area contributed by atoms with Crippen LogP contribution in [0.2, 0.25) is 5.02 Å².